The molecule has 0 aromatic heterocycles. The number of esters is 3. The molecule has 0 N–H and O–H groups in total. The molecule has 0 fully saturated rings. The van der Waals surface area contributed by atoms with E-state index >= 15 is 0 Å². The summed E-state index contributed by atoms with van der Waals surface area (Å²) < 4.78 is 26.5. The minimum absolute atomic E-state index is 0.0709. The van der Waals surface area contributed by atoms with Gasteiger partial charge in [-0.1, -0.05) is 32.2 Å². The van der Waals surface area contributed by atoms with E-state index in [9.17, 15) is 14.4 Å². The van der Waals surface area contributed by atoms with Crippen LogP contribution in [0.5, 0.6) is 17.2 Å². The lowest BCUT2D eigenvalue weighted by Crippen LogP contribution is -2.14. The number of hydrogen-bond donors (Lipinski definition) is 0. The number of methoxy groups -OCH3 is 1. The van der Waals surface area contributed by atoms with Crippen molar-refractivity contribution in [2.45, 2.75) is 38.5 Å². The Balaban J connectivity index is 1.32. The largest absolute Gasteiger partial charge is 0.494 e. The maximum atomic E-state index is 12.8. The topological polar surface area (TPSA) is 97.4 Å². The zero-order chi connectivity index (χ0) is 30.1. The van der Waals surface area contributed by atoms with Crippen molar-refractivity contribution in [3.05, 3.63) is 102 Å². The van der Waals surface area contributed by atoms with Crippen LogP contribution < -0.4 is 14.2 Å². The van der Waals surface area contributed by atoms with E-state index in [1.54, 1.807) is 6.07 Å². The van der Waals surface area contributed by atoms with E-state index in [2.05, 4.69) is 32.2 Å². The van der Waals surface area contributed by atoms with Gasteiger partial charge >= 0.3 is 17.9 Å². The third-order valence-electron chi connectivity index (χ3n) is 6.90. The van der Waals surface area contributed by atoms with Gasteiger partial charge in [0, 0.05) is 19.4 Å². The molecule has 0 radical (unpaired) electrons. The second-order valence-electron chi connectivity index (χ2n) is 9.88. The van der Waals surface area contributed by atoms with Gasteiger partial charge in [-0.25, -0.2) is 9.59 Å². The van der Waals surface area contributed by atoms with Crippen LogP contribution in [0, 0.1) is 0 Å². The summed E-state index contributed by atoms with van der Waals surface area (Å²) in [6.07, 6.45) is 3.96. The smallest absolute Gasteiger partial charge is 0.343 e. The van der Waals surface area contributed by atoms with Crippen LogP contribution in [0.3, 0.4) is 0 Å². The molecule has 1 aliphatic carbocycles. The number of carbonyl (C=O) groups is 3. The third-order valence-corrected chi connectivity index (χ3v) is 6.90. The van der Waals surface area contributed by atoms with Crippen molar-refractivity contribution in [2.75, 3.05) is 20.3 Å². The van der Waals surface area contributed by atoms with Crippen LogP contribution in [0.2, 0.25) is 0 Å². The van der Waals surface area contributed by atoms with Crippen LogP contribution in [0.25, 0.3) is 11.1 Å². The van der Waals surface area contributed by atoms with E-state index in [4.69, 9.17) is 23.7 Å². The number of fused-ring (bicyclic) bond motifs is 3. The minimum Gasteiger partial charge on any atom is -0.494 e. The lowest BCUT2D eigenvalue weighted by atomic mass is 9.99. The summed E-state index contributed by atoms with van der Waals surface area (Å²) >= 11 is 0. The van der Waals surface area contributed by atoms with Crippen molar-refractivity contribution >= 4 is 17.9 Å². The zero-order valence-electron chi connectivity index (χ0n) is 23.9. The standard InChI is InChI=1S/C34H34O8/c1-5-39-32(35)9-7-6-8-18-40-26-14-16-28-29-17-15-27(20-31(29)23(3)30(28)19-26)42-34(37)24-10-12-25(13-11-24)41-33(36)22(2)21-38-4/h5,10-17,19-20,23H,1-2,6-9,18,21H2,3-4H3. The summed E-state index contributed by atoms with van der Waals surface area (Å²) in [6.45, 7) is 9.74. The summed E-state index contributed by atoms with van der Waals surface area (Å²) in [4.78, 5) is 36.2. The van der Waals surface area contributed by atoms with E-state index < -0.39 is 11.9 Å². The van der Waals surface area contributed by atoms with Gasteiger partial charge in [0.2, 0.25) is 0 Å². The summed E-state index contributed by atoms with van der Waals surface area (Å²) in [6, 6.07) is 17.8. The van der Waals surface area contributed by atoms with Crippen molar-refractivity contribution in [2.24, 2.45) is 0 Å². The Morgan fingerprint density at radius 3 is 2.14 bits per heavy atom. The third kappa shape index (κ3) is 7.53. The first-order valence-electron chi connectivity index (χ1n) is 13.7. The molecule has 42 heavy (non-hydrogen) atoms. The van der Waals surface area contributed by atoms with Crippen LogP contribution >= 0.6 is 0 Å². The maximum Gasteiger partial charge on any atom is 0.343 e. The first-order valence-corrected chi connectivity index (χ1v) is 13.7. The minimum atomic E-state index is -0.598. The van der Waals surface area contributed by atoms with Crippen LogP contribution in [0.1, 0.15) is 60.0 Å². The average Bonchev–Trinajstić information content (AvgIpc) is 3.26. The molecule has 0 spiro atoms. The molecule has 0 amide bonds. The number of benzene rings is 3. The molecular weight excluding hydrogens is 536 g/mol. The lowest BCUT2D eigenvalue weighted by molar-refractivity contribution is -0.138. The number of unbranched alkanes of at least 4 members (excludes halogenated alkanes) is 2. The molecule has 0 saturated carbocycles. The zero-order valence-corrected chi connectivity index (χ0v) is 23.9. The molecule has 8 nitrogen and oxygen atoms in total. The normalized spacial score (nSPS) is 13.0. The van der Waals surface area contributed by atoms with E-state index in [1.807, 2.05) is 18.2 Å². The maximum absolute atomic E-state index is 12.8. The van der Waals surface area contributed by atoms with Gasteiger partial charge in [0.25, 0.3) is 0 Å². The molecule has 8 heteroatoms. The van der Waals surface area contributed by atoms with Crippen molar-refractivity contribution in [1.82, 2.24) is 0 Å². The fourth-order valence-electron chi connectivity index (χ4n) is 4.74. The van der Waals surface area contributed by atoms with Crippen LogP contribution in [0.15, 0.2) is 85.7 Å². The number of carbonyl (C=O) groups excluding carboxylic acids is 3. The molecule has 3 aromatic carbocycles. The molecule has 1 unspecified atom stereocenters. The molecule has 3 aromatic rings. The van der Waals surface area contributed by atoms with Gasteiger partial charge in [-0.3, -0.25) is 4.79 Å². The second kappa shape index (κ2) is 14.3. The molecule has 1 aliphatic rings. The highest BCUT2D eigenvalue weighted by Gasteiger charge is 2.27. The first kappa shape index (κ1) is 30.3. The fourth-order valence-corrected chi connectivity index (χ4v) is 4.74. The highest BCUT2D eigenvalue weighted by molar-refractivity contribution is 5.92. The van der Waals surface area contributed by atoms with Crippen LogP contribution in [0.4, 0.5) is 0 Å². The Hall–Kier alpha value is -4.69. The molecule has 218 valence electrons. The molecule has 1 atom stereocenters. The summed E-state index contributed by atoms with van der Waals surface area (Å²) in [5.41, 5.74) is 4.95. The Morgan fingerprint density at radius 1 is 0.833 bits per heavy atom. The summed E-state index contributed by atoms with van der Waals surface area (Å²) in [5.74, 6) is 0.228. The highest BCUT2D eigenvalue weighted by Crippen LogP contribution is 2.47. The van der Waals surface area contributed by atoms with Gasteiger partial charge in [0.05, 0.1) is 30.6 Å². The van der Waals surface area contributed by atoms with Crippen LogP contribution in [-0.2, 0) is 19.1 Å². The molecule has 0 saturated heterocycles. The van der Waals surface area contributed by atoms with Crippen molar-refractivity contribution in [3.8, 4) is 28.4 Å². The van der Waals surface area contributed by atoms with Gasteiger partial charge < -0.3 is 23.7 Å². The van der Waals surface area contributed by atoms with Gasteiger partial charge in [0.15, 0.2) is 0 Å². The Labute approximate surface area is 245 Å². The number of ether oxygens (including phenoxy) is 5. The van der Waals surface area contributed by atoms with Gasteiger partial charge in [0.1, 0.15) is 17.2 Å². The number of hydrogen-bond acceptors (Lipinski definition) is 8. The van der Waals surface area contributed by atoms with Gasteiger partial charge in [-0.2, -0.15) is 0 Å². The molecular formula is C34H34O8. The van der Waals surface area contributed by atoms with E-state index in [0.717, 1.165) is 53.5 Å². The SMILES string of the molecule is C=COC(=O)CCCCCOc1ccc2c(c1)C(C)c1cc(OC(=O)c3ccc(OC(=O)C(=C)COC)cc3)ccc1-2. The first-order chi connectivity index (χ1) is 20.3. The Morgan fingerprint density at radius 2 is 1.48 bits per heavy atom. The predicted octanol–water partition coefficient (Wildman–Crippen LogP) is 6.77. The molecule has 0 bridgehead atoms. The van der Waals surface area contributed by atoms with E-state index in [1.165, 1.54) is 31.4 Å². The van der Waals surface area contributed by atoms with Crippen molar-refractivity contribution in [1.29, 1.82) is 0 Å². The monoisotopic (exact) mass is 570 g/mol. The van der Waals surface area contributed by atoms with Crippen molar-refractivity contribution < 1.29 is 38.1 Å². The molecule has 0 heterocycles. The quantitative estimate of drug-likeness (QED) is 0.0689. The molecule has 4 rings (SSSR count). The van der Waals surface area contributed by atoms with Gasteiger partial charge in [-0.05, 0) is 90.0 Å². The summed E-state index contributed by atoms with van der Waals surface area (Å²) in [7, 11) is 1.46. The van der Waals surface area contributed by atoms with E-state index in [-0.39, 0.29) is 29.8 Å². The van der Waals surface area contributed by atoms with E-state index in [0.29, 0.717) is 24.3 Å². The summed E-state index contributed by atoms with van der Waals surface area (Å²) in [5, 5.41) is 0. The molecule has 0 aliphatic heterocycles. The van der Waals surface area contributed by atoms with Gasteiger partial charge in [-0.15, -0.1) is 0 Å². The fraction of sp³-hybridized carbons (Fsp3) is 0.265. The average molecular weight is 571 g/mol. The Kier molecular flexibility index (Phi) is 10.3. The van der Waals surface area contributed by atoms with Crippen LogP contribution in [-0.4, -0.2) is 38.2 Å². The van der Waals surface area contributed by atoms with Crippen molar-refractivity contribution in [3.63, 3.8) is 0 Å². The lowest BCUT2D eigenvalue weighted by Gasteiger charge is -2.11. The second-order valence-corrected chi connectivity index (χ2v) is 9.88. The Bertz CT molecular complexity index is 1470. The number of rotatable bonds is 14. The predicted molar refractivity (Wildman–Crippen MR) is 158 cm³/mol. The highest BCUT2D eigenvalue weighted by atomic mass is 16.5.